The minimum Gasteiger partial charge on any atom is -0.497 e. The van der Waals surface area contributed by atoms with Gasteiger partial charge in [-0.15, -0.1) is 0 Å². The SMILES string of the molecule is CC(C)(C)OC(=O)NCC(NCc1ccccc1)c1c[nH]c2ccc(Br)cc12.CC(C)(C)OC(=O)NCC(NCc1ccccc1)c1c[nH]c2ccccc12.COc1ccc2[nH]cc(C(CNC(=O)OC(C)(C)C)NCc3ccccc3)c2c1. The number of alkyl carbamates (subject to hydrolysis) is 3. The first-order valence-corrected chi connectivity index (χ1v) is 29.1. The summed E-state index contributed by atoms with van der Waals surface area (Å²) in [5, 5.41) is 22.7. The van der Waals surface area contributed by atoms with Gasteiger partial charge < -0.3 is 65.8 Å². The molecule has 9 rings (SSSR count). The number of aromatic amines is 3. The van der Waals surface area contributed by atoms with Gasteiger partial charge in [0.2, 0.25) is 0 Å². The lowest BCUT2D eigenvalue weighted by Gasteiger charge is -2.23. The van der Waals surface area contributed by atoms with Crippen LogP contribution in [0.4, 0.5) is 14.4 Å². The quantitative estimate of drug-likeness (QED) is 0.0350. The predicted octanol–water partition coefficient (Wildman–Crippen LogP) is 14.3. The van der Waals surface area contributed by atoms with Gasteiger partial charge in [0.05, 0.1) is 25.2 Å². The van der Waals surface area contributed by atoms with E-state index in [0.717, 1.165) is 59.6 Å². The summed E-state index contributed by atoms with van der Waals surface area (Å²) in [6.07, 6.45) is 4.72. The van der Waals surface area contributed by atoms with Crippen molar-refractivity contribution >= 4 is 66.9 Å². The first-order chi connectivity index (χ1) is 40.1. The predicted molar refractivity (Wildman–Crippen MR) is 340 cm³/mol. The van der Waals surface area contributed by atoms with Crippen molar-refractivity contribution in [3.05, 3.63) is 208 Å². The van der Waals surface area contributed by atoms with E-state index in [4.69, 9.17) is 18.9 Å². The van der Waals surface area contributed by atoms with Gasteiger partial charge in [0, 0.05) is 95.0 Å². The van der Waals surface area contributed by atoms with E-state index in [1.165, 1.54) is 16.7 Å². The van der Waals surface area contributed by atoms with Crippen molar-refractivity contribution < 1.29 is 33.3 Å². The summed E-state index contributed by atoms with van der Waals surface area (Å²) < 4.78 is 22.5. The van der Waals surface area contributed by atoms with Gasteiger partial charge in [-0.2, -0.15) is 0 Å². The molecule has 0 radical (unpaired) electrons. The summed E-state index contributed by atoms with van der Waals surface area (Å²) in [7, 11) is 1.66. The number of H-pyrrole nitrogens is 3. The van der Waals surface area contributed by atoms with Gasteiger partial charge in [-0.3, -0.25) is 0 Å². The molecular formula is C67H82BrN9O7. The molecule has 0 spiro atoms. The van der Waals surface area contributed by atoms with Crippen molar-refractivity contribution in [2.45, 2.75) is 117 Å². The summed E-state index contributed by atoms with van der Waals surface area (Å²) in [6.45, 7) is 20.0. The average Bonchev–Trinajstić information content (AvgIpc) is 4.38. The Morgan fingerprint density at radius 3 is 1.14 bits per heavy atom. The Labute approximate surface area is 502 Å². The minimum atomic E-state index is -0.537. The number of aromatic nitrogens is 3. The fraction of sp³-hybridized carbons (Fsp3) is 0.328. The molecule has 17 heteroatoms. The van der Waals surface area contributed by atoms with Crippen LogP contribution in [0.2, 0.25) is 0 Å². The largest absolute Gasteiger partial charge is 0.497 e. The summed E-state index contributed by atoms with van der Waals surface area (Å²) in [5.41, 5.74) is 8.42. The number of para-hydroxylation sites is 1. The zero-order valence-corrected chi connectivity index (χ0v) is 51.5. The van der Waals surface area contributed by atoms with Gasteiger partial charge in [0.1, 0.15) is 22.6 Å². The number of carbonyl (C=O) groups is 3. The summed E-state index contributed by atoms with van der Waals surface area (Å²) >= 11 is 3.55. The maximum Gasteiger partial charge on any atom is 0.407 e. The molecule has 0 fully saturated rings. The summed E-state index contributed by atoms with van der Waals surface area (Å²) in [4.78, 5) is 46.4. The number of hydrogen-bond donors (Lipinski definition) is 9. The van der Waals surface area contributed by atoms with Crippen molar-refractivity contribution in [3.63, 3.8) is 0 Å². The second-order valence-electron chi connectivity index (χ2n) is 23.3. The van der Waals surface area contributed by atoms with E-state index in [9.17, 15) is 14.4 Å². The van der Waals surface area contributed by atoms with Crippen LogP contribution in [-0.2, 0) is 33.8 Å². The second-order valence-corrected chi connectivity index (χ2v) is 24.2. The number of benzene rings is 6. The van der Waals surface area contributed by atoms with Crippen molar-refractivity contribution in [2.75, 3.05) is 26.7 Å². The molecule has 16 nitrogen and oxygen atoms in total. The fourth-order valence-electron chi connectivity index (χ4n) is 9.21. The Morgan fingerprint density at radius 2 is 0.762 bits per heavy atom. The van der Waals surface area contributed by atoms with Crippen LogP contribution in [-0.4, -0.2) is 76.8 Å². The van der Waals surface area contributed by atoms with Gasteiger partial charge in [0.15, 0.2) is 0 Å². The van der Waals surface area contributed by atoms with E-state index in [-0.39, 0.29) is 18.1 Å². The summed E-state index contributed by atoms with van der Waals surface area (Å²) in [5.74, 6) is 0.792. The molecule has 9 N–H and O–H groups in total. The lowest BCUT2D eigenvalue weighted by Crippen LogP contribution is -2.38. The molecule has 0 saturated carbocycles. The van der Waals surface area contributed by atoms with Crippen molar-refractivity contribution in [1.29, 1.82) is 0 Å². The molecule has 0 aliphatic carbocycles. The van der Waals surface area contributed by atoms with Crippen LogP contribution in [0.25, 0.3) is 32.7 Å². The maximum absolute atomic E-state index is 12.2. The summed E-state index contributed by atoms with van der Waals surface area (Å²) in [6, 6.07) is 50.6. The third kappa shape index (κ3) is 20.4. The smallest absolute Gasteiger partial charge is 0.407 e. The highest BCUT2D eigenvalue weighted by atomic mass is 79.9. The van der Waals surface area contributed by atoms with Crippen molar-refractivity contribution in [1.82, 2.24) is 46.9 Å². The lowest BCUT2D eigenvalue weighted by molar-refractivity contribution is 0.0511. The molecule has 6 aromatic carbocycles. The number of ether oxygens (including phenoxy) is 4. The van der Waals surface area contributed by atoms with Crippen LogP contribution in [0.15, 0.2) is 175 Å². The molecule has 3 aromatic heterocycles. The van der Waals surface area contributed by atoms with Gasteiger partial charge >= 0.3 is 18.3 Å². The molecule has 0 aliphatic heterocycles. The first-order valence-electron chi connectivity index (χ1n) is 28.3. The number of carbonyl (C=O) groups excluding carboxylic acids is 3. The van der Waals surface area contributed by atoms with Gasteiger partial charge in [-0.1, -0.05) is 125 Å². The normalized spacial score (nSPS) is 12.7. The average molecular weight is 1210 g/mol. The molecule has 0 bridgehead atoms. The number of fused-ring (bicyclic) bond motifs is 3. The number of nitrogens with one attached hydrogen (secondary N) is 9. The Morgan fingerprint density at radius 1 is 0.429 bits per heavy atom. The van der Waals surface area contributed by atoms with Crippen LogP contribution in [0, 0.1) is 0 Å². The van der Waals surface area contributed by atoms with E-state index in [2.05, 4.69) is 111 Å². The van der Waals surface area contributed by atoms with Crippen LogP contribution in [0.1, 0.15) is 114 Å². The molecule has 0 aliphatic rings. The van der Waals surface area contributed by atoms with Crippen molar-refractivity contribution in [3.8, 4) is 5.75 Å². The molecule has 3 heterocycles. The third-order valence-electron chi connectivity index (χ3n) is 13.1. The zero-order chi connectivity index (χ0) is 60.3. The van der Waals surface area contributed by atoms with Gasteiger partial charge in [-0.25, -0.2) is 14.4 Å². The van der Waals surface area contributed by atoms with Crippen LogP contribution in [0.3, 0.4) is 0 Å². The highest BCUT2D eigenvalue weighted by Crippen LogP contribution is 2.30. The maximum atomic E-state index is 12.2. The monoisotopic (exact) mass is 1200 g/mol. The van der Waals surface area contributed by atoms with E-state index in [1.807, 2.05) is 184 Å². The van der Waals surface area contributed by atoms with E-state index < -0.39 is 35.1 Å². The third-order valence-corrected chi connectivity index (χ3v) is 13.6. The standard InChI is InChI=1S/C23H29N3O3.C22H26BrN3O2.C22H27N3O2/c1-23(2,3)29-22(27)26-15-21(24-13-16-8-6-5-7-9-16)19-14-25-20-11-10-17(28-4)12-18(19)20;1-22(2,3)28-21(27)26-14-20(24-12-15-7-5-4-6-8-15)18-13-25-19-10-9-16(23)11-17(18)19;1-22(2,3)27-21(26)25-15-20(23-13-16-9-5-4-6-10-16)18-14-24-19-12-8-7-11-17(18)19/h5-12,14,21,24-25H,13,15H2,1-4H3,(H,26,27);4-11,13,20,24-25H,12,14H2,1-3H3,(H,26,27);4-12,14,20,23-24H,13,15H2,1-3H3,(H,25,26). The van der Waals surface area contributed by atoms with E-state index in [1.54, 1.807) is 7.11 Å². The molecular weight excluding hydrogens is 1120 g/mol. The molecule has 0 saturated heterocycles. The van der Waals surface area contributed by atoms with Crippen LogP contribution < -0.4 is 36.6 Å². The molecule has 444 valence electrons. The number of halogens is 1. The molecule has 3 unspecified atom stereocenters. The first kappa shape index (κ1) is 63.5. The van der Waals surface area contributed by atoms with Crippen LogP contribution >= 0.6 is 15.9 Å². The molecule has 84 heavy (non-hydrogen) atoms. The van der Waals surface area contributed by atoms with E-state index in [0.29, 0.717) is 39.3 Å². The number of rotatable bonds is 19. The number of hydrogen-bond acceptors (Lipinski definition) is 10. The fourth-order valence-corrected chi connectivity index (χ4v) is 9.57. The number of methoxy groups -OCH3 is 1. The van der Waals surface area contributed by atoms with Gasteiger partial charge in [0.25, 0.3) is 0 Å². The second kappa shape index (κ2) is 29.9. The van der Waals surface area contributed by atoms with Gasteiger partial charge in [-0.05, 0) is 138 Å². The van der Waals surface area contributed by atoms with E-state index >= 15 is 0 Å². The minimum absolute atomic E-state index is 0.0473. The topological polar surface area (TPSA) is 208 Å². The Hall–Kier alpha value is -8.09. The lowest BCUT2D eigenvalue weighted by atomic mass is 10.0. The zero-order valence-electron chi connectivity index (χ0n) is 49.9. The Bertz CT molecular complexity index is 3490. The number of amides is 3. The molecule has 9 aromatic rings. The molecule has 3 atom stereocenters. The highest BCUT2D eigenvalue weighted by molar-refractivity contribution is 9.10. The highest BCUT2D eigenvalue weighted by Gasteiger charge is 2.24. The molecule has 3 amide bonds. The van der Waals surface area contributed by atoms with Crippen molar-refractivity contribution in [2.24, 2.45) is 0 Å². The Balaban J connectivity index is 0.000000181. The van der Waals surface area contributed by atoms with Crippen LogP contribution in [0.5, 0.6) is 5.75 Å². The Kier molecular flexibility index (Phi) is 22.6.